The number of allylic oxidation sites excluding steroid dienone is 1. The Balaban J connectivity index is 2.24. The van der Waals surface area contributed by atoms with Crippen LogP contribution in [-0.4, -0.2) is 6.61 Å². The zero-order valence-electron chi connectivity index (χ0n) is 8.93. The minimum atomic E-state index is -1.59. The molecular weight excluding hydrogens is 207 g/mol. The van der Waals surface area contributed by atoms with Crippen LogP contribution in [-0.2, 0) is 15.5 Å². The van der Waals surface area contributed by atoms with Gasteiger partial charge in [-0.3, -0.25) is 0 Å². The third-order valence-corrected chi connectivity index (χ3v) is 2.89. The topological polar surface area (TPSA) is 26.3 Å². The van der Waals surface area contributed by atoms with Crippen LogP contribution in [0.2, 0.25) is 0 Å². The molecule has 0 radical (unpaired) electrons. The molecule has 80 valence electrons. The third kappa shape index (κ3) is 5.46. The summed E-state index contributed by atoms with van der Waals surface area (Å²) in [5.74, 6) is 1.64. The Hall–Kier alpha value is -0.980. The molecule has 1 rings (SSSR count). The van der Waals surface area contributed by atoms with Crippen molar-refractivity contribution in [2.45, 2.75) is 19.8 Å². The van der Waals surface area contributed by atoms with E-state index in [0.717, 1.165) is 12.8 Å². The summed E-state index contributed by atoms with van der Waals surface area (Å²) >= 11 is 0. The molecule has 0 aromatic heterocycles. The van der Waals surface area contributed by atoms with Crippen molar-refractivity contribution in [3.05, 3.63) is 47.8 Å². The van der Waals surface area contributed by atoms with Crippen LogP contribution in [0.15, 0.2) is 42.2 Å². The first kappa shape index (κ1) is 12.1. The Kier molecular flexibility index (Phi) is 5.91. The van der Waals surface area contributed by atoms with Gasteiger partial charge >= 0.3 is 8.03 Å². The molecule has 2 nitrogen and oxygen atoms in total. The van der Waals surface area contributed by atoms with Gasteiger partial charge in [-0.2, -0.15) is 0 Å². The predicted molar refractivity (Wildman–Crippen MR) is 63.1 cm³/mol. The maximum absolute atomic E-state index is 11.1. The molecule has 1 unspecified atom stereocenters. The molecule has 0 aliphatic carbocycles. The Morgan fingerprint density at radius 1 is 1.33 bits per heavy atom. The summed E-state index contributed by atoms with van der Waals surface area (Å²) in [6, 6.07) is 10.2. The van der Waals surface area contributed by atoms with Gasteiger partial charge in [-0.05, 0) is 36.0 Å². The molecule has 1 aromatic rings. The summed E-state index contributed by atoms with van der Waals surface area (Å²) in [5, 5.41) is 0. The summed E-state index contributed by atoms with van der Waals surface area (Å²) in [6.07, 6.45) is 3.80. The molecule has 0 N–H and O–H groups in total. The average molecular weight is 223 g/mol. The van der Waals surface area contributed by atoms with Crippen molar-refractivity contribution in [3.63, 3.8) is 0 Å². The van der Waals surface area contributed by atoms with Gasteiger partial charge in [0, 0.05) is 0 Å². The van der Waals surface area contributed by atoms with Gasteiger partial charge in [0.1, 0.15) is 6.61 Å². The van der Waals surface area contributed by atoms with Crippen molar-refractivity contribution in [1.29, 1.82) is 0 Å². The molecule has 15 heavy (non-hydrogen) atoms. The smallest absolute Gasteiger partial charge is 0.143 e. The number of benzene rings is 1. The van der Waals surface area contributed by atoms with E-state index in [0.29, 0.717) is 6.61 Å². The first-order valence-corrected chi connectivity index (χ1v) is 6.37. The predicted octanol–water partition coefficient (Wildman–Crippen LogP) is 3.91. The van der Waals surface area contributed by atoms with E-state index in [-0.39, 0.29) is 0 Å². The molecule has 0 aliphatic heterocycles. The maximum atomic E-state index is 11.1. The second kappa shape index (κ2) is 7.33. The molecular formula is C12H16O2P+. The van der Waals surface area contributed by atoms with Crippen LogP contribution in [0.3, 0.4) is 0 Å². The Morgan fingerprint density at radius 2 is 2.07 bits per heavy atom. The highest BCUT2D eigenvalue weighted by molar-refractivity contribution is 7.42. The van der Waals surface area contributed by atoms with Crippen LogP contribution in [0, 0.1) is 0 Å². The van der Waals surface area contributed by atoms with Gasteiger partial charge in [-0.1, -0.05) is 30.3 Å². The molecule has 0 bridgehead atoms. The summed E-state index contributed by atoms with van der Waals surface area (Å²) < 4.78 is 16.0. The second-order valence-corrected chi connectivity index (χ2v) is 4.24. The lowest BCUT2D eigenvalue weighted by Gasteiger charge is -1.94. The minimum Gasteiger partial charge on any atom is -0.143 e. The van der Waals surface area contributed by atoms with E-state index < -0.39 is 8.03 Å². The van der Waals surface area contributed by atoms with Gasteiger partial charge in [0.25, 0.3) is 0 Å². The van der Waals surface area contributed by atoms with Gasteiger partial charge in [0.2, 0.25) is 0 Å². The fraction of sp³-hybridized carbons (Fsp3) is 0.333. The van der Waals surface area contributed by atoms with E-state index in [1.54, 1.807) is 5.82 Å². The Labute approximate surface area is 91.8 Å². The van der Waals surface area contributed by atoms with Crippen molar-refractivity contribution < 1.29 is 9.09 Å². The van der Waals surface area contributed by atoms with E-state index in [1.807, 2.05) is 31.2 Å². The highest BCUT2D eigenvalue weighted by atomic mass is 31.1. The SMILES string of the molecule is CCO[P+](=O)C=CCCc1ccccc1. The van der Waals surface area contributed by atoms with Crippen LogP contribution < -0.4 is 0 Å². The molecule has 0 spiro atoms. The van der Waals surface area contributed by atoms with Gasteiger partial charge < -0.3 is 0 Å². The number of hydrogen-bond donors (Lipinski definition) is 0. The zero-order chi connectivity index (χ0) is 10.9. The largest absolute Gasteiger partial charge is 0.540 e. The van der Waals surface area contributed by atoms with Gasteiger partial charge in [-0.15, -0.1) is 4.52 Å². The minimum absolute atomic E-state index is 0.498. The molecule has 0 saturated carbocycles. The normalized spacial score (nSPS) is 11.9. The van der Waals surface area contributed by atoms with Crippen molar-refractivity contribution in [2.75, 3.05) is 6.61 Å². The third-order valence-electron chi connectivity index (χ3n) is 1.93. The van der Waals surface area contributed by atoms with Crippen LogP contribution in [0.1, 0.15) is 18.9 Å². The Morgan fingerprint density at radius 3 is 2.73 bits per heavy atom. The van der Waals surface area contributed by atoms with E-state index in [9.17, 15) is 4.57 Å². The first-order valence-electron chi connectivity index (χ1n) is 5.12. The van der Waals surface area contributed by atoms with E-state index in [2.05, 4.69) is 12.1 Å². The fourth-order valence-electron chi connectivity index (χ4n) is 1.23. The highest BCUT2D eigenvalue weighted by Crippen LogP contribution is 2.23. The van der Waals surface area contributed by atoms with Crippen molar-refractivity contribution >= 4 is 8.03 Å². The Bertz CT molecular complexity index is 320. The van der Waals surface area contributed by atoms with E-state index >= 15 is 0 Å². The average Bonchev–Trinajstić information content (AvgIpc) is 2.26. The maximum Gasteiger partial charge on any atom is 0.540 e. The first-order chi connectivity index (χ1) is 7.33. The van der Waals surface area contributed by atoms with Gasteiger partial charge in [0.15, 0.2) is 5.82 Å². The summed E-state index contributed by atoms with van der Waals surface area (Å²) in [4.78, 5) is 0. The van der Waals surface area contributed by atoms with E-state index in [1.165, 1.54) is 5.56 Å². The lowest BCUT2D eigenvalue weighted by Crippen LogP contribution is -1.81. The van der Waals surface area contributed by atoms with E-state index in [4.69, 9.17) is 4.52 Å². The van der Waals surface area contributed by atoms with Gasteiger partial charge in [0.05, 0.1) is 0 Å². The molecule has 0 aliphatic rings. The zero-order valence-corrected chi connectivity index (χ0v) is 9.82. The van der Waals surface area contributed by atoms with Crippen molar-refractivity contribution in [2.24, 2.45) is 0 Å². The number of hydrogen-bond acceptors (Lipinski definition) is 2. The van der Waals surface area contributed by atoms with Crippen LogP contribution in [0.5, 0.6) is 0 Å². The lowest BCUT2D eigenvalue weighted by molar-refractivity contribution is 0.356. The van der Waals surface area contributed by atoms with Crippen molar-refractivity contribution in [3.8, 4) is 0 Å². The van der Waals surface area contributed by atoms with Crippen LogP contribution >= 0.6 is 8.03 Å². The number of aryl methyl sites for hydroxylation is 1. The molecule has 0 amide bonds. The molecule has 0 heterocycles. The van der Waals surface area contributed by atoms with Crippen LogP contribution in [0.25, 0.3) is 0 Å². The monoisotopic (exact) mass is 223 g/mol. The molecule has 3 heteroatoms. The molecule has 0 saturated heterocycles. The quantitative estimate of drug-likeness (QED) is 0.683. The number of rotatable bonds is 6. The second-order valence-electron chi connectivity index (χ2n) is 3.11. The van der Waals surface area contributed by atoms with Gasteiger partial charge in [-0.25, -0.2) is 0 Å². The lowest BCUT2D eigenvalue weighted by atomic mass is 10.1. The molecule has 0 fully saturated rings. The standard InChI is InChI=1S/C12H16O2P/c1-2-14-15(13)11-7-6-10-12-8-4-3-5-9-12/h3-5,7-9,11H,2,6,10H2,1H3/q+1. The highest BCUT2D eigenvalue weighted by Gasteiger charge is 2.08. The summed E-state index contributed by atoms with van der Waals surface area (Å²) in [5.41, 5.74) is 1.30. The molecule has 1 atom stereocenters. The summed E-state index contributed by atoms with van der Waals surface area (Å²) in [7, 11) is -1.59. The van der Waals surface area contributed by atoms with Crippen LogP contribution in [0.4, 0.5) is 0 Å². The fourth-order valence-corrected chi connectivity index (χ4v) is 1.89. The van der Waals surface area contributed by atoms with Crippen molar-refractivity contribution in [1.82, 2.24) is 0 Å². The molecule has 1 aromatic carbocycles. The summed E-state index contributed by atoms with van der Waals surface area (Å²) in [6.45, 7) is 2.34.